The van der Waals surface area contributed by atoms with Crippen molar-refractivity contribution in [1.29, 1.82) is 0 Å². The molecule has 4 rings (SSSR count). The summed E-state index contributed by atoms with van der Waals surface area (Å²) < 4.78 is 28.0. The van der Waals surface area contributed by atoms with Crippen LogP contribution in [0.3, 0.4) is 0 Å². The van der Waals surface area contributed by atoms with E-state index in [2.05, 4.69) is 4.98 Å². The molecule has 0 saturated carbocycles. The van der Waals surface area contributed by atoms with Crippen molar-refractivity contribution in [2.24, 2.45) is 0 Å². The van der Waals surface area contributed by atoms with Gasteiger partial charge in [-0.2, -0.15) is 0 Å². The number of thiazole rings is 1. The third-order valence-corrected chi connectivity index (χ3v) is 8.32. The van der Waals surface area contributed by atoms with Crippen LogP contribution < -0.4 is 4.31 Å². The largest absolute Gasteiger partial charge is 0.337 e. The lowest BCUT2D eigenvalue weighted by atomic mass is 10.1. The lowest BCUT2D eigenvalue weighted by Gasteiger charge is -2.34. The maximum absolute atomic E-state index is 13.3. The average Bonchev–Trinajstić information content (AvgIpc) is 3.27. The van der Waals surface area contributed by atoms with Crippen LogP contribution in [0.2, 0.25) is 0 Å². The SMILES string of the molecule is Cc1ncsc1C(=O)N1CCCC(S(=O)(=O)N2CCc3ccccc32)C1. The highest BCUT2D eigenvalue weighted by Crippen LogP contribution is 2.33. The highest BCUT2D eigenvalue weighted by molar-refractivity contribution is 7.93. The summed E-state index contributed by atoms with van der Waals surface area (Å²) in [5.41, 5.74) is 4.22. The van der Waals surface area contributed by atoms with Gasteiger partial charge in [-0.1, -0.05) is 18.2 Å². The van der Waals surface area contributed by atoms with Gasteiger partial charge >= 0.3 is 0 Å². The molecule has 2 aromatic rings. The fraction of sp³-hybridized carbons (Fsp3) is 0.444. The number of benzene rings is 1. The fourth-order valence-corrected chi connectivity index (χ4v) is 6.53. The molecule has 0 bridgehead atoms. The molecule has 0 aliphatic carbocycles. The molecule has 3 heterocycles. The molecule has 2 aliphatic rings. The van der Waals surface area contributed by atoms with Crippen LogP contribution in [0.1, 0.15) is 33.8 Å². The number of aryl methyl sites for hydroxylation is 1. The molecule has 1 unspecified atom stereocenters. The van der Waals surface area contributed by atoms with Gasteiger partial charge in [0.1, 0.15) is 4.88 Å². The molecule has 8 heteroatoms. The van der Waals surface area contributed by atoms with E-state index < -0.39 is 15.3 Å². The number of carbonyl (C=O) groups excluding carboxylic acids is 1. The van der Waals surface area contributed by atoms with Crippen LogP contribution in [0.5, 0.6) is 0 Å². The first-order valence-corrected chi connectivity index (χ1v) is 11.2. The normalized spacial score (nSPS) is 20.3. The minimum atomic E-state index is -3.49. The Bertz CT molecular complexity index is 939. The van der Waals surface area contributed by atoms with E-state index in [4.69, 9.17) is 0 Å². The number of amides is 1. The summed E-state index contributed by atoms with van der Waals surface area (Å²) in [5, 5.41) is -0.556. The Morgan fingerprint density at radius 3 is 2.85 bits per heavy atom. The standard InChI is InChI=1S/C18H21N3O3S2/c1-13-17(25-12-19-13)18(22)20-9-4-6-15(11-20)26(23,24)21-10-8-14-5-2-3-7-16(14)21/h2-3,5,7,12,15H,4,6,8-11H2,1H3. The minimum Gasteiger partial charge on any atom is -0.337 e. The van der Waals surface area contributed by atoms with E-state index in [1.54, 1.807) is 14.7 Å². The van der Waals surface area contributed by atoms with Crippen LogP contribution in [-0.2, 0) is 16.4 Å². The number of para-hydroxylation sites is 1. The molecule has 0 spiro atoms. The average molecular weight is 392 g/mol. The van der Waals surface area contributed by atoms with Crippen LogP contribution in [0.15, 0.2) is 29.8 Å². The zero-order chi connectivity index (χ0) is 18.3. The predicted molar refractivity (Wildman–Crippen MR) is 102 cm³/mol. The van der Waals surface area contributed by atoms with Gasteiger partial charge in [0.2, 0.25) is 10.0 Å². The number of carbonyl (C=O) groups is 1. The Morgan fingerprint density at radius 1 is 1.27 bits per heavy atom. The molecule has 1 fully saturated rings. The van der Waals surface area contributed by atoms with Crippen molar-refractivity contribution < 1.29 is 13.2 Å². The molecular formula is C18H21N3O3S2. The van der Waals surface area contributed by atoms with Gasteiger partial charge in [0.15, 0.2) is 0 Å². The Kier molecular flexibility index (Phi) is 4.48. The Hall–Kier alpha value is -1.93. The summed E-state index contributed by atoms with van der Waals surface area (Å²) in [6.45, 7) is 3.14. The quantitative estimate of drug-likeness (QED) is 0.806. The number of hydrogen-bond acceptors (Lipinski definition) is 5. The molecule has 138 valence electrons. The van der Waals surface area contributed by atoms with Gasteiger partial charge in [-0.25, -0.2) is 13.4 Å². The van der Waals surface area contributed by atoms with E-state index in [1.165, 1.54) is 11.3 Å². The highest BCUT2D eigenvalue weighted by atomic mass is 32.2. The van der Waals surface area contributed by atoms with Gasteiger partial charge in [0.05, 0.1) is 22.1 Å². The first-order chi connectivity index (χ1) is 12.5. The van der Waals surface area contributed by atoms with Crippen molar-refractivity contribution in [2.45, 2.75) is 31.4 Å². The number of piperidine rings is 1. The second kappa shape index (κ2) is 6.66. The van der Waals surface area contributed by atoms with Crippen molar-refractivity contribution >= 4 is 33.0 Å². The van der Waals surface area contributed by atoms with E-state index in [0.29, 0.717) is 36.5 Å². The molecule has 0 radical (unpaired) electrons. The van der Waals surface area contributed by atoms with Crippen molar-refractivity contribution in [1.82, 2.24) is 9.88 Å². The van der Waals surface area contributed by atoms with Gasteiger partial charge in [0, 0.05) is 19.6 Å². The van der Waals surface area contributed by atoms with E-state index in [0.717, 1.165) is 17.7 Å². The number of likely N-dealkylation sites (tertiary alicyclic amines) is 1. The molecule has 2 aliphatic heterocycles. The van der Waals surface area contributed by atoms with Crippen LogP contribution in [-0.4, -0.2) is 49.1 Å². The summed E-state index contributed by atoms with van der Waals surface area (Å²) in [5.74, 6) is -0.105. The first-order valence-electron chi connectivity index (χ1n) is 8.77. The van der Waals surface area contributed by atoms with Crippen molar-refractivity contribution in [2.75, 3.05) is 23.9 Å². The first kappa shape index (κ1) is 17.5. The lowest BCUT2D eigenvalue weighted by Crippen LogP contribution is -2.49. The summed E-state index contributed by atoms with van der Waals surface area (Å²) in [7, 11) is -3.49. The van der Waals surface area contributed by atoms with Gasteiger partial charge in [-0.05, 0) is 37.8 Å². The zero-order valence-corrected chi connectivity index (χ0v) is 16.2. The van der Waals surface area contributed by atoms with Crippen LogP contribution in [0.4, 0.5) is 5.69 Å². The fourth-order valence-electron chi connectivity index (χ4n) is 3.77. The number of sulfonamides is 1. The second-order valence-electron chi connectivity index (χ2n) is 6.78. The number of nitrogens with zero attached hydrogens (tertiary/aromatic N) is 3. The van der Waals surface area contributed by atoms with E-state index in [1.807, 2.05) is 31.2 Å². The molecule has 6 nitrogen and oxygen atoms in total. The van der Waals surface area contributed by atoms with Crippen LogP contribution in [0, 0.1) is 6.92 Å². The summed E-state index contributed by atoms with van der Waals surface area (Å²) in [6, 6.07) is 7.66. The van der Waals surface area contributed by atoms with E-state index in [-0.39, 0.29) is 12.5 Å². The molecule has 0 N–H and O–H groups in total. The minimum absolute atomic E-state index is 0.105. The number of rotatable bonds is 3. The highest BCUT2D eigenvalue weighted by Gasteiger charge is 2.39. The summed E-state index contributed by atoms with van der Waals surface area (Å²) in [6.07, 6.45) is 2.03. The van der Waals surface area contributed by atoms with Crippen molar-refractivity contribution in [3.8, 4) is 0 Å². The molecule has 1 saturated heterocycles. The van der Waals surface area contributed by atoms with Gasteiger partial charge < -0.3 is 4.90 Å². The van der Waals surface area contributed by atoms with Crippen LogP contribution >= 0.6 is 11.3 Å². The predicted octanol–water partition coefficient (Wildman–Crippen LogP) is 2.45. The third-order valence-electron chi connectivity index (χ3n) is 5.18. The molecular weight excluding hydrogens is 370 g/mol. The van der Waals surface area contributed by atoms with Crippen molar-refractivity contribution in [3.63, 3.8) is 0 Å². The summed E-state index contributed by atoms with van der Waals surface area (Å²) in [4.78, 5) is 19.2. The van der Waals surface area contributed by atoms with E-state index >= 15 is 0 Å². The number of hydrogen-bond donors (Lipinski definition) is 0. The number of aromatic nitrogens is 1. The third kappa shape index (κ3) is 2.91. The molecule has 26 heavy (non-hydrogen) atoms. The summed E-state index contributed by atoms with van der Waals surface area (Å²) >= 11 is 1.31. The Balaban J connectivity index is 1.56. The smallest absolute Gasteiger partial charge is 0.265 e. The molecule has 1 aromatic heterocycles. The maximum atomic E-state index is 13.3. The second-order valence-corrected chi connectivity index (χ2v) is 9.77. The molecule has 1 aromatic carbocycles. The molecule has 1 amide bonds. The maximum Gasteiger partial charge on any atom is 0.265 e. The molecule has 1 atom stereocenters. The lowest BCUT2D eigenvalue weighted by molar-refractivity contribution is 0.0731. The topological polar surface area (TPSA) is 70.6 Å². The number of fused-ring (bicyclic) bond motifs is 1. The van der Waals surface area contributed by atoms with Crippen molar-refractivity contribution in [3.05, 3.63) is 45.9 Å². The van der Waals surface area contributed by atoms with Crippen LogP contribution in [0.25, 0.3) is 0 Å². The van der Waals surface area contributed by atoms with Gasteiger partial charge in [-0.15, -0.1) is 11.3 Å². The Morgan fingerprint density at radius 2 is 2.08 bits per heavy atom. The zero-order valence-electron chi connectivity index (χ0n) is 14.6. The van der Waals surface area contributed by atoms with Gasteiger partial charge in [0.25, 0.3) is 5.91 Å². The Labute approximate surface area is 157 Å². The number of anilines is 1. The van der Waals surface area contributed by atoms with E-state index in [9.17, 15) is 13.2 Å². The monoisotopic (exact) mass is 391 g/mol. The van der Waals surface area contributed by atoms with Gasteiger partial charge in [-0.3, -0.25) is 9.10 Å².